The Morgan fingerprint density at radius 1 is 0.708 bits per heavy atom. The van der Waals surface area contributed by atoms with E-state index in [0.29, 0.717) is 5.70 Å². The average Bonchev–Trinajstić information content (AvgIpc) is 2.59. The van der Waals surface area contributed by atoms with E-state index in [1.807, 2.05) is 4.90 Å². The minimum absolute atomic E-state index is 0.160. The monoisotopic (exact) mass is 321 g/mol. The molecule has 120 valence electrons. The molecule has 0 aromatic heterocycles. The highest BCUT2D eigenvalue weighted by Crippen LogP contribution is 2.34. The van der Waals surface area contributed by atoms with Gasteiger partial charge in [-0.25, -0.2) is 4.39 Å². The smallest absolute Gasteiger partial charge is 0.123 e. The average molecular weight is 321 g/mol. The molecule has 0 fully saturated rings. The first kappa shape index (κ1) is 15.6. The zero-order valence-corrected chi connectivity index (χ0v) is 12.9. The van der Waals surface area contributed by atoms with Crippen LogP contribution in [0.1, 0.15) is 5.56 Å². The molecular formula is C20H16FNO2. The minimum atomic E-state index is -0.320. The second kappa shape index (κ2) is 6.46. The fourth-order valence-electron chi connectivity index (χ4n) is 2.44. The van der Waals surface area contributed by atoms with E-state index in [2.05, 4.69) is 6.58 Å². The van der Waals surface area contributed by atoms with Gasteiger partial charge in [-0.3, -0.25) is 0 Å². The van der Waals surface area contributed by atoms with Crippen molar-refractivity contribution in [2.75, 3.05) is 4.90 Å². The summed E-state index contributed by atoms with van der Waals surface area (Å²) in [6.45, 7) is 4.14. The van der Waals surface area contributed by atoms with Gasteiger partial charge in [0.1, 0.15) is 17.3 Å². The molecule has 4 heteroatoms. The molecule has 0 heterocycles. The van der Waals surface area contributed by atoms with E-state index in [1.165, 1.54) is 12.1 Å². The minimum Gasteiger partial charge on any atom is -0.508 e. The number of nitrogens with zero attached hydrogens (tertiary/aromatic N) is 1. The lowest BCUT2D eigenvalue weighted by atomic mass is 10.1. The van der Waals surface area contributed by atoms with Crippen molar-refractivity contribution < 1.29 is 14.6 Å². The molecular weight excluding hydrogens is 305 g/mol. The molecule has 0 aliphatic heterocycles. The number of aromatic hydroxyl groups is 2. The molecule has 0 saturated heterocycles. The number of hydrogen-bond donors (Lipinski definition) is 2. The molecule has 0 atom stereocenters. The van der Waals surface area contributed by atoms with Crippen molar-refractivity contribution >= 4 is 17.1 Å². The van der Waals surface area contributed by atoms with Crippen molar-refractivity contribution in [3.05, 3.63) is 90.8 Å². The Bertz CT molecular complexity index is 795. The predicted molar refractivity (Wildman–Crippen MR) is 93.8 cm³/mol. The second-order valence-corrected chi connectivity index (χ2v) is 5.32. The van der Waals surface area contributed by atoms with E-state index in [-0.39, 0.29) is 17.3 Å². The fraction of sp³-hybridized carbons (Fsp3) is 0. The number of benzene rings is 3. The Morgan fingerprint density at radius 3 is 1.62 bits per heavy atom. The Kier molecular flexibility index (Phi) is 4.20. The Morgan fingerprint density at radius 2 is 1.12 bits per heavy atom. The zero-order valence-electron chi connectivity index (χ0n) is 12.9. The summed E-state index contributed by atoms with van der Waals surface area (Å²) in [6.07, 6.45) is 0. The highest BCUT2D eigenvalue weighted by atomic mass is 19.1. The summed E-state index contributed by atoms with van der Waals surface area (Å²) in [7, 11) is 0. The maximum absolute atomic E-state index is 13.3. The van der Waals surface area contributed by atoms with Crippen LogP contribution in [0.4, 0.5) is 15.8 Å². The van der Waals surface area contributed by atoms with Crippen LogP contribution in [0.15, 0.2) is 79.4 Å². The summed E-state index contributed by atoms with van der Waals surface area (Å²) in [5, 5.41) is 19.0. The van der Waals surface area contributed by atoms with Crippen molar-refractivity contribution in [1.29, 1.82) is 0 Å². The topological polar surface area (TPSA) is 43.7 Å². The van der Waals surface area contributed by atoms with Crippen LogP contribution in [0.3, 0.4) is 0 Å². The number of anilines is 2. The van der Waals surface area contributed by atoms with Crippen LogP contribution in [0.25, 0.3) is 5.70 Å². The van der Waals surface area contributed by atoms with Crippen LogP contribution in [0.2, 0.25) is 0 Å². The highest BCUT2D eigenvalue weighted by Gasteiger charge is 2.15. The van der Waals surface area contributed by atoms with E-state index >= 15 is 0 Å². The third-order valence-electron chi connectivity index (χ3n) is 3.66. The number of phenolic OH excluding ortho intramolecular Hbond substituents is 2. The molecule has 2 N–H and O–H groups in total. The van der Waals surface area contributed by atoms with E-state index in [1.54, 1.807) is 60.7 Å². The lowest BCUT2D eigenvalue weighted by molar-refractivity contribution is 0.474. The molecule has 3 aromatic carbocycles. The lowest BCUT2D eigenvalue weighted by Crippen LogP contribution is -2.14. The van der Waals surface area contributed by atoms with Gasteiger partial charge in [-0.05, 0) is 78.4 Å². The van der Waals surface area contributed by atoms with Gasteiger partial charge in [0, 0.05) is 17.1 Å². The van der Waals surface area contributed by atoms with Crippen LogP contribution in [0, 0.1) is 5.82 Å². The SMILES string of the molecule is C=C(c1ccc(O)cc1)N(c1ccc(O)cc1)c1ccc(F)cc1. The van der Waals surface area contributed by atoms with E-state index < -0.39 is 0 Å². The third kappa shape index (κ3) is 3.22. The molecule has 24 heavy (non-hydrogen) atoms. The van der Waals surface area contributed by atoms with Crippen LogP contribution in [0.5, 0.6) is 11.5 Å². The standard InChI is InChI=1S/C20H16FNO2/c1-14(15-2-10-19(23)11-3-15)22(17-6-4-16(21)5-7-17)18-8-12-20(24)13-9-18/h2-13,23-24H,1H2. The first-order valence-corrected chi connectivity index (χ1v) is 7.37. The second-order valence-electron chi connectivity index (χ2n) is 5.32. The summed E-state index contributed by atoms with van der Waals surface area (Å²) in [5.74, 6) is 0.0113. The van der Waals surface area contributed by atoms with Gasteiger partial charge in [0.25, 0.3) is 0 Å². The molecule has 0 amide bonds. The van der Waals surface area contributed by atoms with Gasteiger partial charge in [0.15, 0.2) is 0 Å². The quantitative estimate of drug-likeness (QED) is 0.707. The largest absolute Gasteiger partial charge is 0.508 e. The molecule has 0 aliphatic rings. The van der Waals surface area contributed by atoms with E-state index in [0.717, 1.165) is 16.9 Å². The van der Waals surface area contributed by atoms with Gasteiger partial charge in [0.2, 0.25) is 0 Å². The van der Waals surface area contributed by atoms with Gasteiger partial charge in [0.05, 0.1) is 0 Å². The summed E-state index contributed by atoms with van der Waals surface area (Å²) in [4.78, 5) is 1.85. The Balaban J connectivity index is 2.07. The van der Waals surface area contributed by atoms with Gasteiger partial charge in [-0.2, -0.15) is 0 Å². The number of halogens is 1. The molecule has 0 aliphatic carbocycles. The molecule has 0 unspecified atom stereocenters. The van der Waals surface area contributed by atoms with Crippen LogP contribution in [-0.4, -0.2) is 10.2 Å². The number of rotatable bonds is 4. The van der Waals surface area contributed by atoms with Crippen molar-refractivity contribution in [2.24, 2.45) is 0 Å². The van der Waals surface area contributed by atoms with Gasteiger partial charge in [-0.1, -0.05) is 6.58 Å². The first-order chi connectivity index (χ1) is 11.5. The highest BCUT2D eigenvalue weighted by molar-refractivity contribution is 5.86. The molecule has 0 bridgehead atoms. The lowest BCUT2D eigenvalue weighted by Gasteiger charge is -2.27. The molecule has 3 rings (SSSR count). The van der Waals surface area contributed by atoms with Gasteiger partial charge < -0.3 is 15.1 Å². The summed E-state index contributed by atoms with van der Waals surface area (Å²) < 4.78 is 13.3. The molecule has 0 spiro atoms. The third-order valence-corrected chi connectivity index (χ3v) is 3.66. The van der Waals surface area contributed by atoms with Crippen molar-refractivity contribution in [3.8, 4) is 11.5 Å². The molecule has 0 radical (unpaired) electrons. The van der Waals surface area contributed by atoms with Crippen molar-refractivity contribution in [3.63, 3.8) is 0 Å². The van der Waals surface area contributed by atoms with Crippen LogP contribution < -0.4 is 4.90 Å². The van der Waals surface area contributed by atoms with Crippen LogP contribution in [-0.2, 0) is 0 Å². The predicted octanol–water partition coefficient (Wildman–Crippen LogP) is 5.05. The fourth-order valence-corrected chi connectivity index (χ4v) is 2.44. The zero-order chi connectivity index (χ0) is 17.1. The number of phenols is 2. The van der Waals surface area contributed by atoms with E-state index in [9.17, 15) is 14.6 Å². The summed E-state index contributed by atoms with van der Waals surface area (Å²) in [6, 6.07) is 19.4. The van der Waals surface area contributed by atoms with Crippen LogP contribution >= 0.6 is 0 Å². The van der Waals surface area contributed by atoms with Crippen molar-refractivity contribution in [2.45, 2.75) is 0 Å². The molecule has 3 nitrogen and oxygen atoms in total. The van der Waals surface area contributed by atoms with Gasteiger partial charge >= 0.3 is 0 Å². The van der Waals surface area contributed by atoms with Crippen molar-refractivity contribution in [1.82, 2.24) is 0 Å². The molecule has 3 aromatic rings. The van der Waals surface area contributed by atoms with E-state index in [4.69, 9.17) is 0 Å². The van der Waals surface area contributed by atoms with Gasteiger partial charge in [-0.15, -0.1) is 0 Å². The first-order valence-electron chi connectivity index (χ1n) is 7.37. The normalized spacial score (nSPS) is 10.4. The summed E-state index contributed by atoms with van der Waals surface area (Å²) in [5.41, 5.74) is 2.98. The summed E-state index contributed by atoms with van der Waals surface area (Å²) >= 11 is 0. The number of hydrogen-bond acceptors (Lipinski definition) is 3. The maximum Gasteiger partial charge on any atom is 0.123 e. The maximum atomic E-state index is 13.3. The Labute approximate surface area is 139 Å². The molecule has 0 saturated carbocycles. The Hall–Kier alpha value is -3.27.